The van der Waals surface area contributed by atoms with Crippen molar-refractivity contribution in [3.8, 4) is 0 Å². The summed E-state index contributed by atoms with van der Waals surface area (Å²) in [5.74, 6) is -0.316. The van der Waals surface area contributed by atoms with Gasteiger partial charge in [-0.2, -0.15) is 5.10 Å². The fraction of sp³-hybridized carbons (Fsp3) is 0.556. The molecular weight excluding hydrogens is 180 g/mol. The summed E-state index contributed by atoms with van der Waals surface area (Å²) in [6, 6.07) is 0.283. The van der Waals surface area contributed by atoms with Crippen LogP contribution in [0.4, 0.5) is 5.82 Å². The molecule has 0 atom stereocenters. The summed E-state index contributed by atoms with van der Waals surface area (Å²) in [4.78, 5) is 10.9. The lowest BCUT2D eigenvalue weighted by Gasteiger charge is -2.11. The predicted molar refractivity (Wildman–Crippen MR) is 54.8 cm³/mol. The summed E-state index contributed by atoms with van der Waals surface area (Å²) in [5, 5.41) is 4.07. The van der Waals surface area contributed by atoms with Crippen LogP contribution in [0.15, 0.2) is 6.20 Å². The van der Waals surface area contributed by atoms with Crippen LogP contribution in [-0.2, 0) is 0 Å². The summed E-state index contributed by atoms with van der Waals surface area (Å²) < 4.78 is 1.72. The number of nitrogen functional groups attached to an aromatic ring is 1. The van der Waals surface area contributed by atoms with Crippen molar-refractivity contribution in [1.29, 1.82) is 0 Å². The first-order valence-electron chi connectivity index (χ1n) is 4.74. The summed E-state index contributed by atoms with van der Waals surface area (Å²) in [6.45, 7) is 4.13. The largest absolute Gasteiger partial charge is 0.382 e. The van der Waals surface area contributed by atoms with Crippen molar-refractivity contribution >= 4 is 11.7 Å². The van der Waals surface area contributed by atoms with Gasteiger partial charge in [-0.25, -0.2) is 0 Å². The molecule has 0 aliphatic rings. The van der Waals surface area contributed by atoms with E-state index in [0.29, 0.717) is 5.56 Å². The Labute approximate surface area is 83.1 Å². The number of carbonyl (C=O) groups is 1. The second-order valence-corrected chi connectivity index (χ2v) is 3.24. The van der Waals surface area contributed by atoms with Gasteiger partial charge < -0.3 is 11.5 Å². The normalized spacial score (nSPS) is 10.8. The van der Waals surface area contributed by atoms with Gasteiger partial charge >= 0.3 is 0 Å². The summed E-state index contributed by atoms with van der Waals surface area (Å²) in [7, 11) is 0. The number of nitrogens with zero attached hydrogens (tertiary/aromatic N) is 2. The molecule has 1 rings (SSSR count). The van der Waals surface area contributed by atoms with Crippen LogP contribution in [0.5, 0.6) is 0 Å². The molecule has 0 aliphatic heterocycles. The van der Waals surface area contributed by atoms with E-state index in [0.717, 1.165) is 12.8 Å². The molecule has 78 valence electrons. The number of anilines is 1. The molecular formula is C9H16N4O. The molecule has 1 aromatic rings. The molecule has 0 aromatic carbocycles. The van der Waals surface area contributed by atoms with Crippen LogP contribution in [0.3, 0.4) is 0 Å². The molecule has 0 saturated carbocycles. The molecule has 1 aromatic heterocycles. The van der Waals surface area contributed by atoms with Gasteiger partial charge in [0.25, 0.3) is 5.91 Å². The number of primary amides is 1. The van der Waals surface area contributed by atoms with Gasteiger partial charge in [-0.1, -0.05) is 13.8 Å². The predicted octanol–water partition coefficient (Wildman–Crippen LogP) is 0.925. The first-order chi connectivity index (χ1) is 6.60. The van der Waals surface area contributed by atoms with Gasteiger partial charge in [-0.15, -0.1) is 0 Å². The van der Waals surface area contributed by atoms with E-state index < -0.39 is 5.91 Å². The molecule has 5 heteroatoms. The topological polar surface area (TPSA) is 86.9 Å². The number of aromatic nitrogens is 2. The number of nitrogens with two attached hydrogens (primary N) is 2. The van der Waals surface area contributed by atoms with Crippen LogP contribution < -0.4 is 11.5 Å². The number of hydrogen-bond donors (Lipinski definition) is 2. The zero-order valence-electron chi connectivity index (χ0n) is 8.53. The van der Waals surface area contributed by atoms with E-state index in [9.17, 15) is 4.79 Å². The molecule has 0 aliphatic carbocycles. The Morgan fingerprint density at radius 1 is 1.57 bits per heavy atom. The van der Waals surface area contributed by atoms with Gasteiger partial charge in [0, 0.05) is 6.20 Å². The van der Waals surface area contributed by atoms with Crippen LogP contribution in [0.1, 0.15) is 43.1 Å². The standard InChI is InChI=1S/C9H16N4O/c1-3-6(4-2)13-5-7(9(11)14)8(10)12-13/h5-6H,3-4H2,1-2H3,(H2,10,12)(H2,11,14). The van der Waals surface area contributed by atoms with E-state index in [4.69, 9.17) is 11.5 Å². The lowest BCUT2D eigenvalue weighted by molar-refractivity contribution is 0.100. The minimum absolute atomic E-state index is 0.212. The second-order valence-electron chi connectivity index (χ2n) is 3.24. The average Bonchev–Trinajstić information content (AvgIpc) is 2.50. The van der Waals surface area contributed by atoms with Crippen molar-refractivity contribution in [2.45, 2.75) is 32.7 Å². The van der Waals surface area contributed by atoms with Gasteiger partial charge in [-0.05, 0) is 12.8 Å². The average molecular weight is 196 g/mol. The smallest absolute Gasteiger partial charge is 0.254 e. The van der Waals surface area contributed by atoms with E-state index in [1.807, 2.05) is 0 Å². The van der Waals surface area contributed by atoms with Crippen molar-refractivity contribution in [3.05, 3.63) is 11.8 Å². The molecule has 5 nitrogen and oxygen atoms in total. The quantitative estimate of drug-likeness (QED) is 0.750. The summed E-state index contributed by atoms with van der Waals surface area (Å²) >= 11 is 0. The molecule has 0 spiro atoms. The highest BCUT2D eigenvalue weighted by atomic mass is 16.1. The fourth-order valence-electron chi connectivity index (χ4n) is 1.45. The Balaban J connectivity index is 3.01. The summed E-state index contributed by atoms with van der Waals surface area (Å²) in [5.41, 5.74) is 11.0. The minimum atomic E-state index is -0.528. The maximum absolute atomic E-state index is 10.9. The molecule has 0 unspecified atom stereocenters. The van der Waals surface area contributed by atoms with Crippen LogP contribution in [0, 0.1) is 0 Å². The highest BCUT2D eigenvalue weighted by molar-refractivity contribution is 5.96. The number of hydrogen-bond acceptors (Lipinski definition) is 3. The Kier molecular flexibility index (Phi) is 3.11. The van der Waals surface area contributed by atoms with Gasteiger partial charge in [0.05, 0.1) is 6.04 Å². The number of amides is 1. The monoisotopic (exact) mass is 196 g/mol. The second kappa shape index (κ2) is 4.13. The molecule has 0 bridgehead atoms. The van der Waals surface area contributed by atoms with E-state index in [2.05, 4.69) is 18.9 Å². The molecule has 0 radical (unpaired) electrons. The zero-order valence-corrected chi connectivity index (χ0v) is 8.53. The lowest BCUT2D eigenvalue weighted by atomic mass is 10.2. The lowest BCUT2D eigenvalue weighted by Crippen LogP contribution is -2.12. The SMILES string of the molecule is CCC(CC)n1cc(C(N)=O)c(N)n1. The fourth-order valence-corrected chi connectivity index (χ4v) is 1.45. The Hall–Kier alpha value is -1.52. The minimum Gasteiger partial charge on any atom is -0.382 e. The third-order valence-corrected chi connectivity index (χ3v) is 2.34. The van der Waals surface area contributed by atoms with Crippen LogP contribution in [0.25, 0.3) is 0 Å². The maximum Gasteiger partial charge on any atom is 0.254 e. The van der Waals surface area contributed by atoms with E-state index >= 15 is 0 Å². The maximum atomic E-state index is 10.9. The highest BCUT2D eigenvalue weighted by Gasteiger charge is 2.14. The van der Waals surface area contributed by atoms with Gasteiger partial charge in [0.15, 0.2) is 5.82 Å². The van der Waals surface area contributed by atoms with Crippen molar-refractivity contribution in [3.63, 3.8) is 0 Å². The van der Waals surface area contributed by atoms with Crippen molar-refractivity contribution in [1.82, 2.24) is 9.78 Å². The Morgan fingerprint density at radius 2 is 2.14 bits per heavy atom. The Bertz CT molecular complexity index is 328. The van der Waals surface area contributed by atoms with E-state index in [-0.39, 0.29) is 11.9 Å². The van der Waals surface area contributed by atoms with Crippen LogP contribution >= 0.6 is 0 Å². The van der Waals surface area contributed by atoms with E-state index in [1.54, 1.807) is 10.9 Å². The third-order valence-electron chi connectivity index (χ3n) is 2.34. The molecule has 14 heavy (non-hydrogen) atoms. The molecule has 1 heterocycles. The van der Waals surface area contributed by atoms with Crippen molar-refractivity contribution in [2.75, 3.05) is 5.73 Å². The van der Waals surface area contributed by atoms with Crippen LogP contribution in [-0.4, -0.2) is 15.7 Å². The van der Waals surface area contributed by atoms with Crippen LogP contribution in [0.2, 0.25) is 0 Å². The van der Waals surface area contributed by atoms with Gasteiger partial charge in [0.1, 0.15) is 5.56 Å². The molecule has 4 N–H and O–H groups in total. The first kappa shape index (κ1) is 10.6. The molecule has 1 amide bonds. The molecule has 0 saturated heterocycles. The van der Waals surface area contributed by atoms with Crippen molar-refractivity contribution in [2.24, 2.45) is 5.73 Å². The van der Waals surface area contributed by atoms with Gasteiger partial charge in [0.2, 0.25) is 0 Å². The van der Waals surface area contributed by atoms with Crippen molar-refractivity contribution < 1.29 is 4.79 Å². The number of carbonyl (C=O) groups excluding carboxylic acids is 1. The van der Waals surface area contributed by atoms with E-state index in [1.165, 1.54) is 0 Å². The first-order valence-corrected chi connectivity index (χ1v) is 4.74. The van der Waals surface area contributed by atoms with Gasteiger partial charge in [-0.3, -0.25) is 9.48 Å². The number of rotatable bonds is 4. The summed E-state index contributed by atoms with van der Waals surface area (Å²) in [6.07, 6.45) is 3.53. The molecule has 0 fully saturated rings. The third kappa shape index (κ3) is 1.86. The Morgan fingerprint density at radius 3 is 2.50 bits per heavy atom. The highest BCUT2D eigenvalue weighted by Crippen LogP contribution is 2.18. The zero-order chi connectivity index (χ0) is 10.7.